The summed E-state index contributed by atoms with van der Waals surface area (Å²) in [6.45, 7) is 0. The molecule has 0 aromatic heterocycles. The van der Waals surface area contributed by atoms with Gasteiger partial charge in [0.05, 0.1) is 0 Å². The van der Waals surface area contributed by atoms with Crippen molar-refractivity contribution in [3.8, 4) is 11.1 Å². The number of rotatable bonds is 4. The maximum atomic E-state index is 11.5. The van der Waals surface area contributed by atoms with Crippen molar-refractivity contribution >= 4 is 22.3 Å². The van der Waals surface area contributed by atoms with Gasteiger partial charge in [-0.3, -0.25) is 4.55 Å². The smallest absolute Gasteiger partial charge is 1.00 e. The molecule has 3 rings (SSSR count). The van der Waals surface area contributed by atoms with Gasteiger partial charge in [0.25, 0.3) is 10.1 Å². The minimum Gasteiger partial charge on any atom is -1.00 e. The predicted octanol–water partition coefficient (Wildman–Crippen LogP) is 1.89. The summed E-state index contributed by atoms with van der Waals surface area (Å²) in [6, 6.07) is 24.2. The molecule has 1 N–H and O–H groups in total. The molecule has 3 aromatic rings. The maximum Gasteiger partial charge on any atom is 1.00 e. The quantitative estimate of drug-likeness (QED) is 0.439. The Kier molecular flexibility index (Phi) is 6.76. The Bertz CT molecular complexity index is 987. The van der Waals surface area contributed by atoms with Crippen molar-refractivity contribution in [3.05, 3.63) is 90.0 Å². The van der Waals surface area contributed by atoms with Crippen molar-refractivity contribution < 1.29 is 44.0 Å². The van der Waals surface area contributed by atoms with Crippen molar-refractivity contribution in [1.29, 1.82) is 0 Å². The molecule has 0 aliphatic carbocycles. The number of hydrogen-bond acceptors (Lipinski definition) is 2. The first kappa shape index (κ1) is 19.6. The Morgan fingerprint density at radius 3 is 1.92 bits per heavy atom. The molecular formula is C20H17NaO3S. The third-order valence-corrected chi connectivity index (χ3v) is 4.61. The van der Waals surface area contributed by atoms with E-state index in [4.69, 9.17) is 0 Å². The van der Waals surface area contributed by atoms with Crippen molar-refractivity contribution in [3.63, 3.8) is 0 Å². The minimum atomic E-state index is -4.25. The molecule has 0 unspecified atom stereocenters. The molecule has 0 bridgehead atoms. The second-order valence-corrected chi connectivity index (χ2v) is 6.69. The molecule has 0 atom stereocenters. The molecule has 0 aliphatic rings. The van der Waals surface area contributed by atoms with Crippen molar-refractivity contribution in [1.82, 2.24) is 0 Å². The minimum absolute atomic E-state index is 0. The molecule has 0 amide bonds. The summed E-state index contributed by atoms with van der Waals surface area (Å²) in [6.07, 6.45) is 3.55. The van der Waals surface area contributed by atoms with E-state index in [1.54, 1.807) is 24.3 Å². The van der Waals surface area contributed by atoms with E-state index in [0.717, 1.165) is 16.7 Å². The molecule has 122 valence electrons. The van der Waals surface area contributed by atoms with E-state index in [1.807, 2.05) is 60.7 Å². The van der Waals surface area contributed by atoms with Gasteiger partial charge in [-0.15, -0.1) is 0 Å². The molecule has 0 aliphatic heterocycles. The van der Waals surface area contributed by atoms with Crippen LogP contribution in [-0.2, 0) is 10.1 Å². The standard InChI is InChI=1S/C20H16O3S.Na.H/c21-24(22,23)20-13-7-5-11-18(20)15-14-17-10-4-6-12-19(17)16-8-2-1-3-9-16;;/h1-15H,(H,21,22,23);;/q;+1;-1. The summed E-state index contributed by atoms with van der Waals surface area (Å²) in [4.78, 5) is -0.0987. The van der Waals surface area contributed by atoms with Crippen molar-refractivity contribution in [2.24, 2.45) is 0 Å². The third-order valence-electron chi connectivity index (χ3n) is 3.68. The van der Waals surface area contributed by atoms with E-state index in [2.05, 4.69) is 0 Å². The van der Waals surface area contributed by atoms with Crippen LogP contribution in [0, 0.1) is 0 Å². The molecular weight excluding hydrogens is 343 g/mol. The van der Waals surface area contributed by atoms with Crippen molar-refractivity contribution in [2.75, 3.05) is 0 Å². The first-order valence-corrected chi connectivity index (χ1v) is 8.89. The van der Waals surface area contributed by atoms with Gasteiger partial charge in [-0.2, -0.15) is 8.42 Å². The van der Waals surface area contributed by atoms with Gasteiger partial charge >= 0.3 is 29.6 Å². The van der Waals surface area contributed by atoms with Gasteiger partial charge in [-0.25, -0.2) is 0 Å². The van der Waals surface area contributed by atoms with Crippen LogP contribution < -0.4 is 29.6 Å². The summed E-state index contributed by atoms with van der Waals surface area (Å²) in [7, 11) is -4.25. The van der Waals surface area contributed by atoms with Gasteiger partial charge in [-0.05, 0) is 28.3 Å². The summed E-state index contributed by atoms with van der Waals surface area (Å²) >= 11 is 0. The van der Waals surface area contributed by atoms with E-state index in [-0.39, 0.29) is 35.9 Å². The SMILES string of the molecule is O=S(=O)(O)c1ccccc1C=Cc1ccccc1-c1ccccc1.[H-].[Na+]. The first-order valence-electron chi connectivity index (χ1n) is 7.45. The van der Waals surface area contributed by atoms with Crippen LogP contribution in [0.4, 0.5) is 0 Å². The second-order valence-electron chi connectivity index (χ2n) is 5.30. The Hall–Kier alpha value is -1.69. The Morgan fingerprint density at radius 2 is 1.24 bits per heavy atom. The summed E-state index contributed by atoms with van der Waals surface area (Å²) in [5, 5.41) is 0. The Balaban J connectivity index is 0.00000169. The third kappa shape index (κ3) is 4.91. The van der Waals surface area contributed by atoms with Crippen LogP contribution in [0.15, 0.2) is 83.8 Å². The van der Waals surface area contributed by atoms with E-state index in [0.29, 0.717) is 5.56 Å². The van der Waals surface area contributed by atoms with Crippen LogP contribution in [0.2, 0.25) is 0 Å². The van der Waals surface area contributed by atoms with Crippen LogP contribution in [0.5, 0.6) is 0 Å². The maximum absolute atomic E-state index is 11.5. The molecule has 3 aromatic carbocycles. The van der Waals surface area contributed by atoms with Crippen LogP contribution in [-0.4, -0.2) is 13.0 Å². The molecule has 0 heterocycles. The average molecular weight is 360 g/mol. The Labute approximate surface area is 171 Å². The molecule has 5 heteroatoms. The van der Waals surface area contributed by atoms with Crippen LogP contribution >= 0.6 is 0 Å². The average Bonchev–Trinajstić information content (AvgIpc) is 2.60. The summed E-state index contributed by atoms with van der Waals surface area (Å²) < 4.78 is 32.3. The first-order chi connectivity index (χ1) is 11.6. The van der Waals surface area contributed by atoms with E-state index in [9.17, 15) is 13.0 Å². The monoisotopic (exact) mass is 360 g/mol. The van der Waals surface area contributed by atoms with Gasteiger partial charge in [0.1, 0.15) is 4.90 Å². The normalized spacial score (nSPS) is 11.2. The summed E-state index contributed by atoms with van der Waals surface area (Å²) in [5.74, 6) is 0. The van der Waals surface area contributed by atoms with Gasteiger partial charge in [0, 0.05) is 0 Å². The fourth-order valence-corrected chi connectivity index (χ4v) is 3.24. The fourth-order valence-electron chi connectivity index (χ4n) is 2.56. The zero-order chi connectivity index (χ0) is 17.0. The predicted molar refractivity (Wildman–Crippen MR) is 98.2 cm³/mol. The topological polar surface area (TPSA) is 54.4 Å². The van der Waals surface area contributed by atoms with E-state index < -0.39 is 10.1 Å². The van der Waals surface area contributed by atoms with Crippen molar-refractivity contribution in [2.45, 2.75) is 4.90 Å². The largest absolute Gasteiger partial charge is 1.00 e. The molecule has 0 saturated heterocycles. The van der Waals surface area contributed by atoms with Gasteiger partial charge in [0.2, 0.25) is 0 Å². The van der Waals surface area contributed by atoms with E-state index >= 15 is 0 Å². The molecule has 0 radical (unpaired) electrons. The number of hydrogen-bond donors (Lipinski definition) is 1. The van der Waals surface area contributed by atoms with Crippen LogP contribution in [0.3, 0.4) is 0 Å². The van der Waals surface area contributed by atoms with Gasteiger partial charge in [0.15, 0.2) is 0 Å². The fraction of sp³-hybridized carbons (Fsp3) is 0. The summed E-state index contributed by atoms with van der Waals surface area (Å²) in [5.41, 5.74) is 3.55. The van der Waals surface area contributed by atoms with E-state index in [1.165, 1.54) is 6.07 Å². The van der Waals surface area contributed by atoms with Gasteiger partial charge < -0.3 is 1.43 Å². The zero-order valence-corrected chi connectivity index (χ0v) is 16.6. The number of benzene rings is 3. The zero-order valence-electron chi connectivity index (χ0n) is 14.8. The molecule has 3 nitrogen and oxygen atoms in total. The molecule has 0 fully saturated rings. The second kappa shape index (κ2) is 8.61. The van der Waals surface area contributed by atoms with Gasteiger partial charge in [-0.1, -0.05) is 84.9 Å². The Morgan fingerprint density at radius 1 is 0.720 bits per heavy atom. The molecule has 0 spiro atoms. The van der Waals surface area contributed by atoms with Crippen LogP contribution in [0.1, 0.15) is 12.6 Å². The van der Waals surface area contributed by atoms with Crippen LogP contribution in [0.25, 0.3) is 23.3 Å². The molecule has 25 heavy (non-hydrogen) atoms. The molecule has 0 saturated carbocycles.